The molecule has 0 saturated heterocycles. The predicted molar refractivity (Wildman–Crippen MR) is 106 cm³/mol. The first kappa shape index (κ1) is 18.4. The minimum absolute atomic E-state index is 0.00232. The van der Waals surface area contributed by atoms with Crippen LogP contribution in [0, 0.1) is 6.92 Å². The van der Waals surface area contributed by atoms with Gasteiger partial charge in [0.1, 0.15) is 0 Å². The number of amides is 1. The van der Waals surface area contributed by atoms with Gasteiger partial charge in [-0.1, -0.05) is 0 Å². The molecule has 1 amide bonds. The zero-order chi connectivity index (χ0) is 18.7. The largest absolute Gasteiger partial charge is 0.383 e. The zero-order valence-electron chi connectivity index (χ0n) is 15.6. The quantitative estimate of drug-likeness (QED) is 0.647. The van der Waals surface area contributed by atoms with E-state index in [1.165, 1.54) is 9.75 Å². The minimum atomic E-state index is -0.00232. The van der Waals surface area contributed by atoms with Gasteiger partial charge in [-0.2, -0.15) is 0 Å². The van der Waals surface area contributed by atoms with Gasteiger partial charge in [-0.05, 0) is 37.3 Å². The SMILES string of the molecule is COCCNc1nc2cc(C(=O)N(C)Cc3ccc(C)s3)ccc2n1C. The number of thiophene rings is 1. The van der Waals surface area contributed by atoms with Crippen molar-refractivity contribution in [3.63, 3.8) is 0 Å². The Morgan fingerprint density at radius 3 is 2.85 bits per heavy atom. The average Bonchev–Trinajstić information content (AvgIpc) is 3.17. The number of aryl methyl sites for hydroxylation is 2. The molecule has 0 aliphatic heterocycles. The molecule has 1 N–H and O–H groups in total. The molecule has 0 spiro atoms. The molecule has 1 aromatic carbocycles. The summed E-state index contributed by atoms with van der Waals surface area (Å²) in [6, 6.07) is 9.82. The molecule has 138 valence electrons. The van der Waals surface area contributed by atoms with Crippen LogP contribution in [0.5, 0.6) is 0 Å². The van der Waals surface area contributed by atoms with Gasteiger partial charge in [0, 0.05) is 43.1 Å². The van der Waals surface area contributed by atoms with E-state index in [0.717, 1.165) is 17.0 Å². The lowest BCUT2D eigenvalue weighted by Crippen LogP contribution is -2.25. The van der Waals surface area contributed by atoms with E-state index in [-0.39, 0.29) is 5.91 Å². The van der Waals surface area contributed by atoms with Gasteiger partial charge in [0.2, 0.25) is 5.95 Å². The monoisotopic (exact) mass is 372 g/mol. The van der Waals surface area contributed by atoms with Crippen molar-refractivity contribution in [2.45, 2.75) is 13.5 Å². The van der Waals surface area contributed by atoms with E-state index in [2.05, 4.69) is 29.4 Å². The molecular formula is C19H24N4O2S. The van der Waals surface area contributed by atoms with Gasteiger partial charge in [0.25, 0.3) is 5.91 Å². The van der Waals surface area contributed by atoms with Crippen molar-refractivity contribution >= 4 is 34.2 Å². The third-order valence-corrected chi connectivity index (χ3v) is 5.24. The number of fused-ring (bicyclic) bond motifs is 1. The van der Waals surface area contributed by atoms with E-state index in [1.54, 1.807) is 23.3 Å². The number of benzene rings is 1. The van der Waals surface area contributed by atoms with Crippen LogP contribution < -0.4 is 5.32 Å². The van der Waals surface area contributed by atoms with Crippen molar-refractivity contribution in [2.24, 2.45) is 7.05 Å². The Balaban J connectivity index is 1.78. The average molecular weight is 372 g/mol. The third-order valence-electron chi connectivity index (χ3n) is 4.25. The Kier molecular flexibility index (Phi) is 5.58. The van der Waals surface area contributed by atoms with Gasteiger partial charge < -0.3 is 19.5 Å². The second-order valence-electron chi connectivity index (χ2n) is 6.29. The molecule has 3 rings (SSSR count). The summed E-state index contributed by atoms with van der Waals surface area (Å²) in [5.41, 5.74) is 2.44. The van der Waals surface area contributed by atoms with E-state index in [9.17, 15) is 4.79 Å². The Labute approximate surface area is 157 Å². The van der Waals surface area contributed by atoms with E-state index in [0.29, 0.717) is 25.3 Å². The molecule has 2 heterocycles. The fraction of sp³-hybridized carbons (Fsp3) is 0.368. The number of imidazole rings is 1. The highest BCUT2D eigenvalue weighted by molar-refractivity contribution is 7.11. The number of hydrogen-bond acceptors (Lipinski definition) is 5. The predicted octanol–water partition coefficient (Wildman–Crippen LogP) is 3.27. The number of hydrogen-bond donors (Lipinski definition) is 1. The molecule has 0 saturated carbocycles. The fourth-order valence-electron chi connectivity index (χ4n) is 2.85. The first-order chi connectivity index (χ1) is 12.5. The summed E-state index contributed by atoms with van der Waals surface area (Å²) < 4.78 is 7.04. The normalized spacial score (nSPS) is 11.1. The zero-order valence-corrected chi connectivity index (χ0v) is 16.4. The van der Waals surface area contributed by atoms with Crippen molar-refractivity contribution in [1.29, 1.82) is 0 Å². The first-order valence-corrected chi connectivity index (χ1v) is 9.31. The van der Waals surface area contributed by atoms with Crippen LogP contribution >= 0.6 is 11.3 Å². The van der Waals surface area contributed by atoms with Gasteiger partial charge in [-0.3, -0.25) is 4.79 Å². The van der Waals surface area contributed by atoms with E-state index in [1.807, 2.05) is 36.9 Å². The Morgan fingerprint density at radius 1 is 1.35 bits per heavy atom. The second kappa shape index (κ2) is 7.88. The Bertz CT molecular complexity index is 916. The number of carbonyl (C=O) groups is 1. The van der Waals surface area contributed by atoms with Gasteiger partial charge in [-0.15, -0.1) is 11.3 Å². The van der Waals surface area contributed by atoms with Crippen LogP contribution in [-0.2, 0) is 18.3 Å². The molecule has 0 fully saturated rings. The number of anilines is 1. The highest BCUT2D eigenvalue weighted by atomic mass is 32.1. The van der Waals surface area contributed by atoms with Crippen molar-refractivity contribution < 1.29 is 9.53 Å². The number of ether oxygens (including phenoxy) is 1. The highest BCUT2D eigenvalue weighted by Gasteiger charge is 2.15. The van der Waals surface area contributed by atoms with Crippen molar-refractivity contribution in [1.82, 2.24) is 14.5 Å². The number of nitrogens with one attached hydrogen (secondary N) is 1. The number of methoxy groups -OCH3 is 1. The topological polar surface area (TPSA) is 59.4 Å². The molecule has 0 aliphatic rings. The molecule has 7 heteroatoms. The van der Waals surface area contributed by atoms with Crippen LogP contribution in [0.15, 0.2) is 30.3 Å². The summed E-state index contributed by atoms with van der Waals surface area (Å²) >= 11 is 1.72. The lowest BCUT2D eigenvalue weighted by molar-refractivity contribution is 0.0786. The van der Waals surface area contributed by atoms with Gasteiger partial charge in [-0.25, -0.2) is 4.98 Å². The molecule has 3 aromatic rings. The summed E-state index contributed by atoms with van der Waals surface area (Å²) in [7, 11) is 5.46. The van der Waals surface area contributed by atoms with Crippen LogP contribution in [-0.4, -0.2) is 47.7 Å². The number of rotatable bonds is 7. The summed E-state index contributed by atoms with van der Waals surface area (Å²) in [6.45, 7) is 3.98. The summed E-state index contributed by atoms with van der Waals surface area (Å²) in [5.74, 6) is 0.765. The fourth-order valence-corrected chi connectivity index (χ4v) is 3.80. The summed E-state index contributed by atoms with van der Waals surface area (Å²) in [6.07, 6.45) is 0. The standard InChI is InChI=1S/C19H24N4O2S/c1-13-5-7-15(26-13)12-22(2)18(24)14-6-8-17-16(11-14)21-19(23(17)3)20-9-10-25-4/h5-8,11H,9-10,12H2,1-4H3,(H,20,21). The molecule has 0 radical (unpaired) electrons. The second-order valence-corrected chi connectivity index (χ2v) is 7.66. The molecule has 0 atom stereocenters. The molecular weight excluding hydrogens is 348 g/mol. The molecule has 2 aromatic heterocycles. The molecule has 26 heavy (non-hydrogen) atoms. The summed E-state index contributed by atoms with van der Waals surface area (Å²) in [5, 5.41) is 3.24. The molecule has 0 unspecified atom stereocenters. The van der Waals surface area contributed by atoms with Crippen molar-refractivity contribution in [3.8, 4) is 0 Å². The van der Waals surface area contributed by atoms with E-state index < -0.39 is 0 Å². The van der Waals surface area contributed by atoms with Crippen LogP contribution in [0.2, 0.25) is 0 Å². The molecule has 0 bridgehead atoms. The lowest BCUT2D eigenvalue weighted by atomic mass is 10.1. The van der Waals surface area contributed by atoms with E-state index in [4.69, 9.17) is 4.74 Å². The number of carbonyl (C=O) groups excluding carboxylic acids is 1. The Hall–Kier alpha value is -2.38. The van der Waals surface area contributed by atoms with E-state index >= 15 is 0 Å². The number of nitrogens with zero attached hydrogens (tertiary/aromatic N) is 3. The highest BCUT2D eigenvalue weighted by Crippen LogP contribution is 2.21. The van der Waals surface area contributed by atoms with Crippen LogP contribution in [0.1, 0.15) is 20.1 Å². The van der Waals surface area contributed by atoms with Crippen LogP contribution in [0.3, 0.4) is 0 Å². The molecule has 6 nitrogen and oxygen atoms in total. The smallest absolute Gasteiger partial charge is 0.254 e. The molecule has 0 aliphatic carbocycles. The van der Waals surface area contributed by atoms with Crippen molar-refractivity contribution in [2.75, 3.05) is 32.6 Å². The first-order valence-electron chi connectivity index (χ1n) is 8.49. The maximum absolute atomic E-state index is 12.8. The van der Waals surface area contributed by atoms with Crippen LogP contribution in [0.4, 0.5) is 5.95 Å². The van der Waals surface area contributed by atoms with Crippen molar-refractivity contribution in [3.05, 3.63) is 45.6 Å². The summed E-state index contributed by atoms with van der Waals surface area (Å²) in [4.78, 5) is 21.5. The van der Waals surface area contributed by atoms with Gasteiger partial charge in [0.05, 0.1) is 24.2 Å². The lowest BCUT2D eigenvalue weighted by Gasteiger charge is -2.16. The third kappa shape index (κ3) is 3.89. The number of aromatic nitrogens is 2. The van der Waals surface area contributed by atoms with Gasteiger partial charge >= 0.3 is 0 Å². The van der Waals surface area contributed by atoms with Crippen LogP contribution in [0.25, 0.3) is 11.0 Å². The maximum Gasteiger partial charge on any atom is 0.254 e. The Morgan fingerprint density at radius 2 is 2.15 bits per heavy atom. The maximum atomic E-state index is 12.8. The van der Waals surface area contributed by atoms with Gasteiger partial charge in [0.15, 0.2) is 0 Å². The minimum Gasteiger partial charge on any atom is -0.383 e.